The van der Waals surface area contributed by atoms with Gasteiger partial charge in [0.05, 0.1) is 7.11 Å². The molecule has 1 unspecified atom stereocenters. The van der Waals surface area contributed by atoms with Gasteiger partial charge in [0, 0.05) is 31.2 Å². The van der Waals surface area contributed by atoms with Crippen LogP contribution in [0.5, 0.6) is 0 Å². The lowest BCUT2D eigenvalue weighted by Crippen LogP contribution is -2.36. The fourth-order valence-electron chi connectivity index (χ4n) is 4.03. The van der Waals surface area contributed by atoms with Crippen molar-refractivity contribution in [2.75, 3.05) is 26.7 Å². The molecule has 3 atom stereocenters. The molecule has 1 aliphatic carbocycles. The molecular weight excluding hydrogens is 320 g/mol. The van der Waals surface area contributed by atoms with E-state index in [9.17, 15) is 9.59 Å². The number of hydrogen-bond donors (Lipinski definition) is 1. The molecule has 0 aromatic rings. The second kappa shape index (κ2) is 6.73. The number of rotatable bonds is 1. The molecule has 6 heteroatoms. The molecule has 1 fully saturated rings. The van der Waals surface area contributed by atoms with Crippen molar-refractivity contribution in [3.05, 3.63) is 23.4 Å². The minimum absolute atomic E-state index is 0.204. The van der Waals surface area contributed by atoms with Gasteiger partial charge in [-0.3, -0.25) is 4.79 Å². The molecule has 0 saturated carbocycles. The predicted octanol–water partition coefficient (Wildman–Crippen LogP) is 2.47. The molecule has 3 rings (SSSR count). The zero-order valence-electron chi connectivity index (χ0n) is 15.5. The van der Waals surface area contributed by atoms with Crippen molar-refractivity contribution >= 4 is 12.1 Å². The van der Waals surface area contributed by atoms with Crippen LogP contribution in [0.3, 0.4) is 0 Å². The molecule has 2 heterocycles. The standard InChI is InChI=1S/C19H28N2O4/c1-19(2,3)25-18(23)21-10-12-8-9-20-16-13(15(12)11-21)6-5-7-14(16)17(22)24-4/h5-6,12,14-15,20H,7-11H2,1-4H3/t12-,14?,15-/m1/s1. The summed E-state index contributed by atoms with van der Waals surface area (Å²) < 4.78 is 10.5. The SMILES string of the molecule is COC(=O)C1CC=CC2=C1NCC[C@@H]1CN(C(=O)OC(C)(C)C)C[C@@H]21. The number of methoxy groups -OCH3 is 1. The average Bonchev–Trinajstić information content (AvgIpc) is 2.89. The Morgan fingerprint density at radius 1 is 1.28 bits per heavy atom. The summed E-state index contributed by atoms with van der Waals surface area (Å²) in [7, 11) is 1.43. The van der Waals surface area contributed by atoms with Crippen molar-refractivity contribution in [3.8, 4) is 0 Å². The molecule has 0 aromatic heterocycles. The van der Waals surface area contributed by atoms with Crippen LogP contribution in [0.2, 0.25) is 0 Å². The van der Waals surface area contributed by atoms with E-state index < -0.39 is 5.60 Å². The number of ether oxygens (including phenoxy) is 2. The number of allylic oxidation sites excluding steroid dienone is 2. The topological polar surface area (TPSA) is 67.9 Å². The van der Waals surface area contributed by atoms with E-state index in [4.69, 9.17) is 9.47 Å². The third-order valence-corrected chi connectivity index (χ3v) is 5.14. The number of fused-ring (bicyclic) bond motifs is 2. The number of hydrogen-bond acceptors (Lipinski definition) is 5. The molecule has 1 saturated heterocycles. The molecule has 0 spiro atoms. The van der Waals surface area contributed by atoms with Crippen molar-refractivity contribution < 1.29 is 19.1 Å². The highest BCUT2D eigenvalue weighted by Gasteiger charge is 2.42. The molecular formula is C19H28N2O4. The molecule has 138 valence electrons. The van der Waals surface area contributed by atoms with Gasteiger partial charge < -0.3 is 19.7 Å². The normalized spacial score (nSPS) is 28.6. The van der Waals surface area contributed by atoms with Gasteiger partial charge in [-0.05, 0) is 45.1 Å². The molecule has 2 aliphatic heterocycles. The van der Waals surface area contributed by atoms with Crippen LogP contribution < -0.4 is 5.32 Å². The quantitative estimate of drug-likeness (QED) is 0.737. The van der Waals surface area contributed by atoms with Gasteiger partial charge in [0.1, 0.15) is 11.5 Å². The Bertz CT molecular complexity index is 617. The summed E-state index contributed by atoms with van der Waals surface area (Å²) in [5, 5.41) is 3.45. The molecule has 1 N–H and O–H groups in total. The summed E-state index contributed by atoms with van der Waals surface area (Å²) in [4.78, 5) is 26.4. The maximum absolute atomic E-state index is 12.4. The first kappa shape index (κ1) is 17.8. The van der Waals surface area contributed by atoms with E-state index in [2.05, 4.69) is 11.4 Å². The van der Waals surface area contributed by atoms with Crippen LogP contribution in [0.4, 0.5) is 4.79 Å². The smallest absolute Gasteiger partial charge is 0.410 e. The van der Waals surface area contributed by atoms with Crippen molar-refractivity contribution in [2.24, 2.45) is 17.8 Å². The first-order valence-corrected chi connectivity index (χ1v) is 9.00. The van der Waals surface area contributed by atoms with Crippen LogP contribution in [0, 0.1) is 17.8 Å². The largest absolute Gasteiger partial charge is 0.468 e. The van der Waals surface area contributed by atoms with E-state index in [-0.39, 0.29) is 23.9 Å². The minimum Gasteiger partial charge on any atom is -0.468 e. The van der Waals surface area contributed by atoms with Crippen LogP contribution in [0.25, 0.3) is 0 Å². The van der Waals surface area contributed by atoms with E-state index in [0.29, 0.717) is 25.4 Å². The summed E-state index contributed by atoms with van der Waals surface area (Å²) in [6.45, 7) is 7.80. The van der Waals surface area contributed by atoms with Gasteiger partial charge in [-0.2, -0.15) is 0 Å². The number of amides is 1. The van der Waals surface area contributed by atoms with Crippen LogP contribution in [0.15, 0.2) is 23.4 Å². The Morgan fingerprint density at radius 3 is 2.72 bits per heavy atom. The Balaban J connectivity index is 1.82. The molecule has 1 amide bonds. The van der Waals surface area contributed by atoms with Crippen molar-refractivity contribution in [1.29, 1.82) is 0 Å². The molecule has 0 aromatic carbocycles. The first-order valence-electron chi connectivity index (χ1n) is 9.00. The van der Waals surface area contributed by atoms with Crippen molar-refractivity contribution in [3.63, 3.8) is 0 Å². The zero-order valence-corrected chi connectivity index (χ0v) is 15.5. The lowest BCUT2D eigenvalue weighted by atomic mass is 9.81. The van der Waals surface area contributed by atoms with Crippen LogP contribution in [-0.2, 0) is 14.3 Å². The van der Waals surface area contributed by atoms with Gasteiger partial charge >= 0.3 is 12.1 Å². The Hall–Kier alpha value is -1.98. The van der Waals surface area contributed by atoms with Gasteiger partial charge in [0.15, 0.2) is 0 Å². The summed E-state index contributed by atoms with van der Waals surface area (Å²) in [6.07, 6.45) is 5.54. The number of carbonyl (C=O) groups excluding carboxylic acids is 2. The van der Waals surface area contributed by atoms with Gasteiger partial charge in [-0.15, -0.1) is 0 Å². The molecule has 0 radical (unpaired) electrons. The van der Waals surface area contributed by atoms with E-state index in [1.165, 1.54) is 7.11 Å². The highest BCUT2D eigenvalue weighted by atomic mass is 16.6. The third-order valence-electron chi connectivity index (χ3n) is 5.14. The number of esters is 1. The lowest BCUT2D eigenvalue weighted by molar-refractivity contribution is -0.144. The van der Waals surface area contributed by atoms with Gasteiger partial charge in [-0.25, -0.2) is 4.79 Å². The number of carbonyl (C=O) groups is 2. The fourth-order valence-corrected chi connectivity index (χ4v) is 4.03. The summed E-state index contributed by atoms with van der Waals surface area (Å²) in [5.74, 6) is 0.152. The number of nitrogens with one attached hydrogen (secondary N) is 1. The van der Waals surface area contributed by atoms with Crippen molar-refractivity contribution in [2.45, 2.75) is 39.2 Å². The predicted molar refractivity (Wildman–Crippen MR) is 93.7 cm³/mol. The van der Waals surface area contributed by atoms with Crippen molar-refractivity contribution in [1.82, 2.24) is 10.2 Å². The summed E-state index contributed by atoms with van der Waals surface area (Å²) in [6, 6.07) is 0. The average molecular weight is 348 g/mol. The maximum atomic E-state index is 12.4. The van der Waals surface area contributed by atoms with Crippen LogP contribution >= 0.6 is 0 Å². The maximum Gasteiger partial charge on any atom is 0.410 e. The summed E-state index contributed by atoms with van der Waals surface area (Å²) in [5.41, 5.74) is 1.64. The van der Waals surface area contributed by atoms with Crippen LogP contribution in [-0.4, -0.2) is 49.3 Å². The number of likely N-dealkylation sites (tertiary alicyclic amines) is 1. The summed E-state index contributed by atoms with van der Waals surface area (Å²) >= 11 is 0. The van der Waals surface area contributed by atoms with E-state index in [1.807, 2.05) is 31.7 Å². The van der Waals surface area contributed by atoms with Gasteiger partial charge in [-0.1, -0.05) is 12.2 Å². The van der Waals surface area contributed by atoms with Crippen LogP contribution in [0.1, 0.15) is 33.6 Å². The van der Waals surface area contributed by atoms with E-state index in [0.717, 1.165) is 24.2 Å². The number of nitrogens with zero attached hydrogens (tertiary/aromatic N) is 1. The third kappa shape index (κ3) is 3.67. The Kier molecular flexibility index (Phi) is 4.80. The van der Waals surface area contributed by atoms with Gasteiger partial charge in [0.25, 0.3) is 0 Å². The minimum atomic E-state index is -0.492. The monoisotopic (exact) mass is 348 g/mol. The second-order valence-electron chi connectivity index (χ2n) is 8.05. The molecule has 0 bridgehead atoms. The first-order chi connectivity index (χ1) is 11.8. The van der Waals surface area contributed by atoms with Gasteiger partial charge in [0.2, 0.25) is 0 Å². The highest BCUT2D eigenvalue weighted by Crippen LogP contribution is 2.40. The molecule has 25 heavy (non-hydrogen) atoms. The Morgan fingerprint density at radius 2 is 2.04 bits per heavy atom. The molecule has 3 aliphatic rings. The Labute approximate surface area is 149 Å². The second-order valence-corrected chi connectivity index (χ2v) is 8.05. The zero-order chi connectivity index (χ0) is 18.2. The van der Waals surface area contributed by atoms with E-state index >= 15 is 0 Å². The molecule has 6 nitrogen and oxygen atoms in total. The van der Waals surface area contributed by atoms with E-state index in [1.54, 1.807) is 0 Å². The lowest BCUT2D eigenvalue weighted by Gasteiger charge is -2.27. The highest BCUT2D eigenvalue weighted by molar-refractivity contribution is 5.77. The fraction of sp³-hybridized carbons (Fsp3) is 0.684.